The highest BCUT2D eigenvalue weighted by atomic mass is 16.8. The van der Waals surface area contributed by atoms with Gasteiger partial charge in [-0.25, -0.2) is 0 Å². The van der Waals surface area contributed by atoms with Gasteiger partial charge in [-0.15, -0.1) is 0 Å². The van der Waals surface area contributed by atoms with Crippen LogP contribution in [0, 0.1) is 0 Å². The number of carbonyl (C=O) groups excluding carboxylic acids is 1. The number of amides is 1. The number of aliphatic hydroxyl groups is 1. The number of hydrogen-bond donors (Lipinski definition) is 2. The van der Waals surface area contributed by atoms with Crippen LogP contribution in [0.3, 0.4) is 0 Å². The van der Waals surface area contributed by atoms with Gasteiger partial charge in [-0.3, -0.25) is 4.79 Å². The third kappa shape index (κ3) is 3.70. The van der Waals surface area contributed by atoms with Crippen molar-refractivity contribution in [1.29, 1.82) is 0 Å². The second-order valence-electron chi connectivity index (χ2n) is 6.48. The van der Waals surface area contributed by atoms with Gasteiger partial charge < -0.3 is 29.4 Å². The molecule has 0 aromatic heterocycles. The summed E-state index contributed by atoms with van der Waals surface area (Å²) in [7, 11) is 0. The lowest BCUT2D eigenvalue weighted by atomic mass is 9.95. The topological polar surface area (TPSA) is 86.3 Å². The molecule has 0 bridgehead atoms. The van der Waals surface area contributed by atoms with Crippen molar-refractivity contribution < 1.29 is 28.8 Å². The van der Waals surface area contributed by atoms with Gasteiger partial charge in [0.1, 0.15) is 30.1 Å². The summed E-state index contributed by atoms with van der Waals surface area (Å²) in [6.07, 6.45) is -2.92. The van der Waals surface area contributed by atoms with Gasteiger partial charge in [0.05, 0.1) is 6.61 Å². The number of aliphatic hydroxyl groups excluding tert-OH is 1. The lowest BCUT2D eigenvalue weighted by Crippen LogP contribution is -2.69. The predicted octanol–water partition coefficient (Wildman–Crippen LogP) is 0.807. The molecule has 5 atom stereocenters. The zero-order valence-electron chi connectivity index (χ0n) is 14.0. The van der Waals surface area contributed by atoms with E-state index in [1.807, 2.05) is 18.2 Å². The van der Waals surface area contributed by atoms with Crippen LogP contribution in [0.4, 0.5) is 0 Å². The fourth-order valence-corrected chi connectivity index (χ4v) is 2.97. The molecular formula is C17H23NO6. The Morgan fingerprint density at radius 2 is 2.04 bits per heavy atom. The lowest BCUT2D eigenvalue weighted by molar-refractivity contribution is -0.361. The van der Waals surface area contributed by atoms with Crippen LogP contribution in [0.5, 0.6) is 5.75 Å². The summed E-state index contributed by atoms with van der Waals surface area (Å²) in [6.45, 7) is 5.20. The van der Waals surface area contributed by atoms with Gasteiger partial charge >= 0.3 is 0 Å². The van der Waals surface area contributed by atoms with Crippen LogP contribution in [-0.4, -0.2) is 54.1 Å². The smallest absolute Gasteiger partial charge is 0.223 e. The average Bonchev–Trinajstić information content (AvgIpc) is 2.52. The molecule has 2 N–H and O–H groups in total. The molecule has 0 unspecified atom stereocenters. The molecule has 24 heavy (non-hydrogen) atoms. The van der Waals surface area contributed by atoms with E-state index in [0.717, 1.165) is 0 Å². The summed E-state index contributed by atoms with van der Waals surface area (Å²) in [5.41, 5.74) is 0. The maximum atomic E-state index is 11.5. The summed E-state index contributed by atoms with van der Waals surface area (Å²) < 4.78 is 23.1. The molecule has 1 aromatic rings. The summed E-state index contributed by atoms with van der Waals surface area (Å²) in [5.74, 6) is -0.519. The Balaban J connectivity index is 1.81. The average molecular weight is 337 g/mol. The minimum Gasteiger partial charge on any atom is -0.463 e. The number of carbonyl (C=O) groups is 1. The number of ether oxygens (including phenoxy) is 4. The molecule has 2 heterocycles. The Hall–Kier alpha value is -1.67. The molecular weight excluding hydrogens is 314 g/mol. The number of nitrogens with one attached hydrogen (secondary N) is 1. The van der Waals surface area contributed by atoms with Crippen LogP contribution < -0.4 is 10.1 Å². The van der Waals surface area contributed by atoms with Crippen molar-refractivity contribution in [1.82, 2.24) is 5.32 Å². The SMILES string of the molecule is CC(=O)N[C@@H]1[C@H](Oc2ccccc2)O[C@@H]2COC(C)(C)O[C@H]2[C@H]1O. The highest BCUT2D eigenvalue weighted by Crippen LogP contribution is 2.33. The van der Waals surface area contributed by atoms with E-state index in [1.54, 1.807) is 26.0 Å². The normalized spacial score (nSPS) is 34.9. The largest absolute Gasteiger partial charge is 0.463 e. The monoisotopic (exact) mass is 337 g/mol. The van der Waals surface area contributed by atoms with E-state index >= 15 is 0 Å². The standard InChI is InChI=1S/C17H23NO6/c1-10(19)18-13-14(20)15-12(9-21-17(2,3)24-15)23-16(13)22-11-7-5-4-6-8-11/h4-8,12-16,20H,9H2,1-3H3,(H,18,19)/t12-,13+,14+,15-,16-/m1/s1. The number of hydrogen-bond acceptors (Lipinski definition) is 6. The van der Waals surface area contributed by atoms with E-state index in [9.17, 15) is 9.90 Å². The maximum Gasteiger partial charge on any atom is 0.223 e. The van der Waals surface area contributed by atoms with E-state index in [-0.39, 0.29) is 12.5 Å². The molecule has 2 aliphatic heterocycles. The van der Waals surface area contributed by atoms with Crippen molar-refractivity contribution in [3.05, 3.63) is 30.3 Å². The first-order valence-corrected chi connectivity index (χ1v) is 8.00. The Morgan fingerprint density at radius 3 is 2.71 bits per heavy atom. The summed E-state index contributed by atoms with van der Waals surface area (Å²) in [5, 5.41) is 13.4. The van der Waals surface area contributed by atoms with Gasteiger partial charge in [0.25, 0.3) is 0 Å². The van der Waals surface area contributed by atoms with Crippen molar-refractivity contribution >= 4 is 5.91 Å². The van der Waals surface area contributed by atoms with Gasteiger partial charge in [0.2, 0.25) is 12.2 Å². The van der Waals surface area contributed by atoms with Gasteiger partial charge in [0, 0.05) is 6.92 Å². The first-order chi connectivity index (χ1) is 11.4. The molecule has 7 heteroatoms. The van der Waals surface area contributed by atoms with E-state index in [2.05, 4.69) is 5.32 Å². The Bertz CT molecular complexity index is 578. The van der Waals surface area contributed by atoms with Crippen molar-refractivity contribution in [2.24, 2.45) is 0 Å². The van der Waals surface area contributed by atoms with Crippen molar-refractivity contribution in [2.45, 2.75) is 57.2 Å². The second kappa shape index (κ2) is 6.68. The number of para-hydroxylation sites is 1. The summed E-state index contributed by atoms with van der Waals surface area (Å²) in [4.78, 5) is 11.5. The fourth-order valence-electron chi connectivity index (χ4n) is 2.97. The maximum absolute atomic E-state index is 11.5. The molecule has 1 amide bonds. The zero-order chi connectivity index (χ0) is 17.3. The highest BCUT2D eigenvalue weighted by molar-refractivity contribution is 5.73. The molecule has 132 valence electrons. The third-order valence-electron chi connectivity index (χ3n) is 4.05. The molecule has 0 aliphatic carbocycles. The molecule has 2 fully saturated rings. The van der Waals surface area contributed by atoms with Gasteiger partial charge in [-0.1, -0.05) is 18.2 Å². The Morgan fingerprint density at radius 1 is 1.33 bits per heavy atom. The van der Waals surface area contributed by atoms with E-state index in [0.29, 0.717) is 5.75 Å². The molecule has 7 nitrogen and oxygen atoms in total. The van der Waals surface area contributed by atoms with E-state index in [4.69, 9.17) is 18.9 Å². The highest BCUT2D eigenvalue weighted by Gasteiger charge is 2.52. The van der Waals surface area contributed by atoms with Crippen molar-refractivity contribution in [2.75, 3.05) is 6.61 Å². The Labute approximate surface area is 140 Å². The molecule has 0 radical (unpaired) electrons. The zero-order valence-corrected chi connectivity index (χ0v) is 14.0. The van der Waals surface area contributed by atoms with Crippen LogP contribution in [0.2, 0.25) is 0 Å². The van der Waals surface area contributed by atoms with Crippen molar-refractivity contribution in [3.63, 3.8) is 0 Å². The second-order valence-corrected chi connectivity index (χ2v) is 6.48. The molecule has 3 rings (SSSR count). The minimum absolute atomic E-state index is 0.274. The molecule has 2 aliphatic rings. The van der Waals surface area contributed by atoms with Crippen LogP contribution >= 0.6 is 0 Å². The van der Waals surface area contributed by atoms with E-state index in [1.165, 1.54) is 6.92 Å². The molecule has 1 aromatic carbocycles. The summed E-state index contributed by atoms with van der Waals surface area (Å²) in [6, 6.07) is 8.35. The quantitative estimate of drug-likeness (QED) is 0.849. The van der Waals surface area contributed by atoms with Crippen molar-refractivity contribution in [3.8, 4) is 5.75 Å². The van der Waals surface area contributed by atoms with Crippen LogP contribution in [-0.2, 0) is 19.0 Å². The molecule has 2 saturated heterocycles. The lowest BCUT2D eigenvalue weighted by Gasteiger charge is -2.49. The minimum atomic E-state index is -0.982. The van der Waals surface area contributed by atoms with Crippen LogP contribution in [0.15, 0.2) is 30.3 Å². The summed E-state index contributed by atoms with van der Waals surface area (Å²) >= 11 is 0. The number of benzene rings is 1. The first-order valence-electron chi connectivity index (χ1n) is 8.00. The third-order valence-corrected chi connectivity index (χ3v) is 4.05. The number of rotatable bonds is 3. The fraction of sp³-hybridized carbons (Fsp3) is 0.588. The number of fused-ring (bicyclic) bond motifs is 1. The van der Waals surface area contributed by atoms with Gasteiger partial charge in [0.15, 0.2) is 5.79 Å². The Kier molecular flexibility index (Phi) is 4.78. The first kappa shape index (κ1) is 17.2. The molecule has 0 saturated carbocycles. The van der Waals surface area contributed by atoms with Gasteiger partial charge in [-0.2, -0.15) is 0 Å². The molecule has 0 spiro atoms. The van der Waals surface area contributed by atoms with Crippen LogP contribution in [0.25, 0.3) is 0 Å². The van der Waals surface area contributed by atoms with Gasteiger partial charge in [-0.05, 0) is 26.0 Å². The van der Waals surface area contributed by atoms with Crippen LogP contribution in [0.1, 0.15) is 20.8 Å². The predicted molar refractivity (Wildman–Crippen MR) is 84.2 cm³/mol. The van der Waals surface area contributed by atoms with E-state index < -0.39 is 36.4 Å².